The molecule has 0 saturated carbocycles. The second-order valence-corrected chi connectivity index (χ2v) is 2.34. The van der Waals surface area contributed by atoms with Crippen LogP contribution in [0.25, 0.3) is 0 Å². The highest BCUT2D eigenvalue weighted by Gasteiger charge is 2.09. The van der Waals surface area contributed by atoms with Gasteiger partial charge in [0.15, 0.2) is 0 Å². The minimum Gasteiger partial charge on any atom is -0.255 e. The second kappa shape index (κ2) is 3.26. The molecule has 1 rings (SSSR count). The van der Waals surface area contributed by atoms with Crippen LogP contribution >= 0.6 is 0 Å². The van der Waals surface area contributed by atoms with Crippen LogP contribution in [0.1, 0.15) is 23.2 Å². The molecule has 0 atom stereocenters. The SMILES string of the molecule is Cc1cnc(C(F)F)cc1C#N. The lowest BCUT2D eigenvalue weighted by atomic mass is 10.1. The quantitative estimate of drug-likeness (QED) is 0.644. The van der Waals surface area contributed by atoms with Gasteiger partial charge in [-0.25, -0.2) is 8.78 Å². The van der Waals surface area contributed by atoms with Gasteiger partial charge in [0.05, 0.1) is 11.6 Å². The van der Waals surface area contributed by atoms with E-state index in [2.05, 4.69) is 4.98 Å². The van der Waals surface area contributed by atoms with E-state index >= 15 is 0 Å². The predicted molar refractivity (Wildman–Crippen MR) is 38.6 cm³/mol. The van der Waals surface area contributed by atoms with Gasteiger partial charge in [-0.15, -0.1) is 0 Å². The van der Waals surface area contributed by atoms with E-state index < -0.39 is 6.43 Å². The van der Waals surface area contributed by atoms with Gasteiger partial charge in [-0.3, -0.25) is 4.98 Å². The fraction of sp³-hybridized carbons (Fsp3) is 0.250. The summed E-state index contributed by atoms with van der Waals surface area (Å²) in [4.78, 5) is 3.49. The highest BCUT2D eigenvalue weighted by atomic mass is 19.3. The number of aromatic nitrogens is 1. The Labute approximate surface area is 68.5 Å². The third-order valence-electron chi connectivity index (χ3n) is 1.47. The minimum atomic E-state index is -2.61. The maximum atomic E-state index is 12.0. The Morgan fingerprint density at radius 3 is 2.75 bits per heavy atom. The summed E-state index contributed by atoms with van der Waals surface area (Å²) in [5.74, 6) is 0. The smallest absolute Gasteiger partial charge is 0.255 e. The Bertz CT molecular complexity index is 328. The monoisotopic (exact) mass is 168 g/mol. The van der Waals surface area contributed by atoms with Crippen molar-refractivity contribution in [2.24, 2.45) is 0 Å². The molecule has 12 heavy (non-hydrogen) atoms. The zero-order chi connectivity index (χ0) is 9.14. The van der Waals surface area contributed by atoms with Gasteiger partial charge in [0, 0.05) is 6.20 Å². The summed E-state index contributed by atoms with van der Waals surface area (Å²) in [6, 6.07) is 2.93. The average Bonchev–Trinajstić information content (AvgIpc) is 2.05. The molecule has 0 saturated heterocycles. The Kier molecular flexibility index (Phi) is 2.34. The van der Waals surface area contributed by atoms with Crippen LogP contribution in [-0.2, 0) is 0 Å². The van der Waals surface area contributed by atoms with Gasteiger partial charge in [-0.05, 0) is 18.6 Å². The van der Waals surface area contributed by atoms with Crippen LogP contribution in [0.5, 0.6) is 0 Å². The summed E-state index contributed by atoms with van der Waals surface area (Å²) in [6.07, 6.45) is -1.34. The normalized spacial score (nSPS) is 9.92. The molecule has 4 heteroatoms. The largest absolute Gasteiger partial charge is 0.280 e. The lowest BCUT2D eigenvalue weighted by Gasteiger charge is -2.00. The number of nitrogens with zero attached hydrogens (tertiary/aromatic N) is 2. The van der Waals surface area contributed by atoms with E-state index in [1.54, 1.807) is 6.92 Å². The molecule has 62 valence electrons. The highest BCUT2D eigenvalue weighted by molar-refractivity contribution is 5.36. The zero-order valence-corrected chi connectivity index (χ0v) is 6.38. The topological polar surface area (TPSA) is 36.7 Å². The van der Waals surface area contributed by atoms with E-state index in [1.807, 2.05) is 6.07 Å². The number of hydrogen-bond acceptors (Lipinski definition) is 2. The molecule has 0 aromatic carbocycles. The molecule has 0 fully saturated rings. The number of aryl methyl sites for hydroxylation is 1. The minimum absolute atomic E-state index is 0.250. The summed E-state index contributed by atoms with van der Waals surface area (Å²) >= 11 is 0. The van der Waals surface area contributed by atoms with Gasteiger partial charge in [0.1, 0.15) is 5.69 Å². The Morgan fingerprint density at radius 2 is 2.25 bits per heavy atom. The lowest BCUT2D eigenvalue weighted by Crippen LogP contribution is -1.93. The molecule has 1 aromatic heterocycles. The summed E-state index contributed by atoms with van der Waals surface area (Å²) in [7, 11) is 0. The van der Waals surface area contributed by atoms with Crippen molar-refractivity contribution in [1.29, 1.82) is 5.26 Å². The van der Waals surface area contributed by atoms with Gasteiger partial charge >= 0.3 is 0 Å². The predicted octanol–water partition coefficient (Wildman–Crippen LogP) is 2.20. The number of rotatable bonds is 1. The summed E-state index contributed by atoms with van der Waals surface area (Å²) < 4.78 is 24.1. The summed E-state index contributed by atoms with van der Waals surface area (Å²) in [6.45, 7) is 1.65. The van der Waals surface area contributed by atoms with E-state index in [1.165, 1.54) is 6.20 Å². The third-order valence-corrected chi connectivity index (χ3v) is 1.47. The Balaban J connectivity index is 3.16. The average molecular weight is 168 g/mol. The first-order valence-corrected chi connectivity index (χ1v) is 3.30. The molecule has 1 heterocycles. The summed E-state index contributed by atoms with van der Waals surface area (Å²) in [5.41, 5.74) is 0.513. The molecule has 0 N–H and O–H groups in total. The van der Waals surface area contributed by atoms with E-state index in [0.717, 1.165) is 6.07 Å². The molecule has 0 bridgehead atoms. The lowest BCUT2D eigenvalue weighted by molar-refractivity contribution is 0.146. The van der Waals surface area contributed by atoms with Crippen molar-refractivity contribution in [3.05, 3.63) is 29.1 Å². The van der Waals surface area contributed by atoms with Crippen molar-refractivity contribution in [1.82, 2.24) is 4.98 Å². The first-order valence-electron chi connectivity index (χ1n) is 3.30. The number of nitriles is 1. The Hall–Kier alpha value is -1.50. The third kappa shape index (κ3) is 1.56. The summed E-state index contributed by atoms with van der Waals surface area (Å²) in [5, 5.41) is 8.50. The fourth-order valence-corrected chi connectivity index (χ4v) is 0.780. The van der Waals surface area contributed by atoms with Crippen molar-refractivity contribution >= 4 is 0 Å². The first kappa shape index (κ1) is 8.60. The molecule has 2 nitrogen and oxygen atoms in total. The number of pyridine rings is 1. The van der Waals surface area contributed by atoms with Crippen molar-refractivity contribution < 1.29 is 8.78 Å². The van der Waals surface area contributed by atoms with Crippen LogP contribution in [0.4, 0.5) is 8.78 Å². The zero-order valence-electron chi connectivity index (χ0n) is 6.38. The van der Waals surface area contributed by atoms with Gasteiger partial charge in [-0.2, -0.15) is 5.26 Å². The fourth-order valence-electron chi connectivity index (χ4n) is 0.780. The van der Waals surface area contributed by atoms with Crippen LogP contribution in [0.15, 0.2) is 12.3 Å². The number of halogens is 2. The van der Waals surface area contributed by atoms with Crippen LogP contribution in [0.2, 0.25) is 0 Å². The van der Waals surface area contributed by atoms with Crippen LogP contribution < -0.4 is 0 Å². The maximum Gasteiger partial charge on any atom is 0.280 e. The van der Waals surface area contributed by atoms with E-state index in [-0.39, 0.29) is 11.3 Å². The van der Waals surface area contributed by atoms with Crippen molar-refractivity contribution in [3.8, 4) is 6.07 Å². The second-order valence-electron chi connectivity index (χ2n) is 2.34. The van der Waals surface area contributed by atoms with Crippen molar-refractivity contribution in [3.63, 3.8) is 0 Å². The standard InChI is InChI=1S/C8H6F2N2/c1-5-4-12-7(8(9)10)2-6(5)3-11/h2,4,8H,1H3. The van der Waals surface area contributed by atoms with E-state index in [0.29, 0.717) is 5.56 Å². The molecule has 0 spiro atoms. The van der Waals surface area contributed by atoms with Gasteiger partial charge < -0.3 is 0 Å². The molecule has 0 aliphatic heterocycles. The van der Waals surface area contributed by atoms with Crippen LogP contribution in [-0.4, -0.2) is 4.98 Å². The van der Waals surface area contributed by atoms with Gasteiger partial charge in [0.2, 0.25) is 0 Å². The maximum absolute atomic E-state index is 12.0. The molecule has 0 radical (unpaired) electrons. The van der Waals surface area contributed by atoms with Crippen molar-refractivity contribution in [2.75, 3.05) is 0 Å². The Morgan fingerprint density at radius 1 is 1.58 bits per heavy atom. The van der Waals surface area contributed by atoms with Crippen LogP contribution in [0, 0.1) is 18.3 Å². The van der Waals surface area contributed by atoms with Crippen LogP contribution in [0.3, 0.4) is 0 Å². The van der Waals surface area contributed by atoms with E-state index in [9.17, 15) is 8.78 Å². The van der Waals surface area contributed by atoms with Gasteiger partial charge in [0.25, 0.3) is 6.43 Å². The molecule has 0 aliphatic rings. The number of alkyl halides is 2. The molecule has 0 unspecified atom stereocenters. The molecular formula is C8H6F2N2. The highest BCUT2D eigenvalue weighted by Crippen LogP contribution is 2.18. The molecular weight excluding hydrogens is 162 g/mol. The molecule has 0 amide bonds. The first-order chi connectivity index (χ1) is 5.65. The van der Waals surface area contributed by atoms with Gasteiger partial charge in [-0.1, -0.05) is 0 Å². The molecule has 1 aromatic rings. The van der Waals surface area contributed by atoms with Crippen molar-refractivity contribution in [2.45, 2.75) is 13.3 Å². The number of hydrogen-bond donors (Lipinski definition) is 0. The van der Waals surface area contributed by atoms with E-state index in [4.69, 9.17) is 5.26 Å². The molecule has 0 aliphatic carbocycles.